The predicted octanol–water partition coefficient (Wildman–Crippen LogP) is 2.84. The Morgan fingerprint density at radius 3 is 2.82 bits per heavy atom. The third-order valence-corrected chi connectivity index (χ3v) is 4.62. The van der Waals surface area contributed by atoms with Crippen molar-refractivity contribution in [3.05, 3.63) is 22.2 Å². The molecule has 2 aliphatic rings. The van der Waals surface area contributed by atoms with E-state index in [-0.39, 0.29) is 5.69 Å². The SMILES string of the molecule is O=C(O)c1nc(C2CC3CCC2C3)ncc1Br. The Bertz CT molecular complexity index is 478. The van der Waals surface area contributed by atoms with Gasteiger partial charge in [-0.3, -0.25) is 0 Å². The summed E-state index contributed by atoms with van der Waals surface area (Å²) in [5.74, 6) is 1.58. The molecule has 0 aromatic carbocycles. The lowest BCUT2D eigenvalue weighted by atomic mass is 9.88. The molecule has 90 valence electrons. The van der Waals surface area contributed by atoms with Crippen molar-refractivity contribution in [2.24, 2.45) is 11.8 Å². The maximum absolute atomic E-state index is 11.0. The Labute approximate surface area is 108 Å². The summed E-state index contributed by atoms with van der Waals surface area (Å²) >= 11 is 3.17. The first kappa shape index (κ1) is 11.1. The summed E-state index contributed by atoms with van der Waals surface area (Å²) in [4.78, 5) is 19.5. The predicted molar refractivity (Wildman–Crippen MR) is 64.9 cm³/mol. The lowest BCUT2D eigenvalue weighted by Gasteiger charge is -2.20. The third kappa shape index (κ3) is 1.86. The highest BCUT2D eigenvalue weighted by Crippen LogP contribution is 2.52. The molecule has 2 saturated carbocycles. The molecule has 3 atom stereocenters. The zero-order chi connectivity index (χ0) is 12.0. The molecule has 2 fully saturated rings. The van der Waals surface area contributed by atoms with Gasteiger partial charge in [-0.25, -0.2) is 14.8 Å². The van der Waals surface area contributed by atoms with Gasteiger partial charge in [0, 0.05) is 12.1 Å². The third-order valence-electron chi connectivity index (χ3n) is 4.04. The van der Waals surface area contributed by atoms with Crippen LogP contribution in [-0.2, 0) is 0 Å². The van der Waals surface area contributed by atoms with E-state index in [1.165, 1.54) is 19.3 Å². The number of aromatic carboxylic acids is 1. The number of fused-ring (bicyclic) bond motifs is 2. The van der Waals surface area contributed by atoms with Gasteiger partial charge in [-0.2, -0.15) is 0 Å². The fraction of sp³-hybridized carbons (Fsp3) is 0.583. The van der Waals surface area contributed by atoms with Crippen molar-refractivity contribution in [2.75, 3.05) is 0 Å². The van der Waals surface area contributed by atoms with Crippen LogP contribution in [0.3, 0.4) is 0 Å². The number of carboxylic acids is 1. The fourth-order valence-corrected chi connectivity index (χ4v) is 3.63. The van der Waals surface area contributed by atoms with E-state index in [9.17, 15) is 4.79 Å². The van der Waals surface area contributed by atoms with E-state index in [1.807, 2.05) is 0 Å². The summed E-state index contributed by atoms with van der Waals surface area (Å²) in [5.41, 5.74) is 0.0813. The minimum Gasteiger partial charge on any atom is -0.476 e. The van der Waals surface area contributed by atoms with Crippen molar-refractivity contribution in [2.45, 2.75) is 31.6 Å². The van der Waals surface area contributed by atoms with Crippen molar-refractivity contribution >= 4 is 21.9 Å². The number of hydrogen-bond acceptors (Lipinski definition) is 3. The highest BCUT2D eigenvalue weighted by Gasteiger charge is 2.41. The Kier molecular flexibility index (Phi) is 2.65. The number of carbonyl (C=O) groups is 1. The average Bonchev–Trinajstić information content (AvgIpc) is 2.91. The molecule has 1 aromatic rings. The van der Waals surface area contributed by atoms with Crippen molar-refractivity contribution < 1.29 is 9.90 Å². The molecule has 4 nitrogen and oxygen atoms in total. The van der Waals surface area contributed by atoms with Crippen LogP contribution in [0.4, 0.5) is 0 Å². The van der Waals surface area contributed by atoms with Gasteiger partial charge in [-0.15, -0.1) is 0 Å². The number of hydrogen-bond donors (Lipinski definition) is 1. The van der Waals surface area contributed by atoms with Gasteiger partial charge in [-0.1, -0.05) is 6.42 Å². The maximum atomic E-state index is 11.0. The number of carboxylic acid groups (broad SMARTS) is 1. The molecule has 1 aromatic heterocycles. The number of rotatable bonds is 2. The van der Waals surface area contributed by atoms with E-state index >= 15 is 0 Å². The van der Waals surface area contributed by atoms with E-state index in [4.69, 9.17) is 5.11 Å². The molecule has 0 saturated heterocycles. The van der Waals surface area contributed by atoms with E-state index in [0.29, 0.717) is 16.3 Å². The summed E-state index contributed by atoms with van der Waals surface area (Å²) in [6, 6.07) is 0. The molecule has 17 heavy (non-hydrogen) atoms. The Hall–Kier alpha value is -0.970. The summed E-state index contributed by atoms with van der Waals surface area (Å²) in [5, 5.41) is 9.04. The highest BCUT2D eigenvalue weighted by molar-refractivity contribution is 9.10. The molecule has 2 bridgehead atoms. The maximum Gasteiger partial charge on any atom is 0.355 e. The van der Waals surface area contributed by atoms with Gasteiger partial charge >= 0.3 is 5.97 Å². The average molecular weight is 297 g/mol. The van der Waals surface area contributed by atoms with E-state index < -0.39 is 5.97 Å². The standard InChI is InChI=1S/C12H13BrN2O2/c13-9-5-14-11(15-10(9)12(16)17)8-4-6-1-2-7(8)3-6/h5-8H,1-4H2,(H,16,17). The van der Waals surface area contributed by atoms with Crippen LogP contribution in [0.2, 0.25) is 0 Å². The van der Waals surface area contributed by atoms with Gasteiger partial charge in [0.05, 0.1) is 4.47 Å². The quantitative estimate of drug-likeness (QED) is 0.911. The summed E-state index contributed by atoms with van der Waals surface area (Å²) in [7, 11) is 0. The van der Waals surface area contributed by atoms with Crippen LogP contribution in [0.1, 0.15) is 47.9 Å². The lowest BCUT2D eigenvalue weighted by Crippen LogP contribution is -2.14. The molecular formula is C12H13BrN2O2. The van der Waals surface area contributed by atoms with Crippen molar-refractivity contribution in [1.29, 1.82) is 0 Å². The van der Waals surface area contributed by atoms with Gasteiger partial charge < -0.3 is 5.11 Å². The molecular weight excluding hydrogens is 284 g/mol. The zero-order valence-electron chi connectivity index (χ0n) is 9.27. The van der Waals surface area contributed by atoms with Crippen LogP contribution < -0.4 is 0 Å². The van der Waals surface area contributed by atoms with E-state index in [1.54, 1.807) is 6.20 Å². The fourth-order valence-electron chi connectivity index (χ4n) is 3.27. The molecule has 1 N–H and O–H groups in total. The second-order valence-electron chi connectivity index (χ2n) is 5.01. The lowest BCUT2D eigenvalue weighted by molar-refractivity contribution is 0.0688. The number of halogens is 1. The normalized spacial score (nSPS) is 30.8. The number of nitrogens with zero attached hydrogens (tertiary/aromatic N) is 2. The molecule has 0 spiro atoms. The molecule has 3 rings (SSSR count). The minimum atomic E-state index is -0.997. The molecule has 3 unspecified atom stereocenters. The second-order valence-corrected chi connectivity index (χ2v) is 5.87. The van der Waals surface area contributed by atoms with Gasteiger partial charge in [0.15, 0.2) is 5.69 Å². The molecule has 5 heteroatoms. The summed E-state index contributed by atoms with van der Waals surface area (Å²) in [6.07, 6.45) is 6.54. The van der Waals surface area contributed by atoms with Gasteiger partial charge in [-0.05, 0) is 47.0 Å². The van der Waals surface area contributed by atoms with E-state index in [0.717, 1.165) is 18.2 Å². The largest absolute Gasteiger partial charge is 0.476 e. The van der Waals surface area contributed by atoms with Gasteiger partial charge in [0.25, 0.3) is 0 Å². The summed E-state index contributed by atoms with van der Waals surface area (Å²) < 4.78 is 0.455. The topological polar surface area (TPSA) is 63.1 Å². The zero-order valence-corrected chi connectivity index (χ0v) is 10.9. The van der Waals surface area contributed by atoms with Crippen molar-refractivity contribution in [1.82, 2.24) is 9.97 Å². The highest BCUT2D eigenvalue weighted by atomic mass is 79.9. The Morgan fingerprint density at radius 2 is 2.24 bits per heavy atom. The van der Waals surface area contributed by atoms with Crippen LogP contribution in [0.5, 0.6) is 0 Å². The summed E-state index contributed by atoms with van der Waals surface area (Å²) in [6.45, 7) is 0. The first-order valence-corrected chi connectivity index (χ1v) is 6.70. The van der Waals surface area contributed by atoms with Gasteiger partial charge in [0.2, 0.25) is 0 Å². The Balaban J connectivity index is 1.93. The van der Waals surface area contributed by atoms with Crippen LogP contribution in [0, 0.1) is 11.8 Å². The molecule has 0 radical (unpaired) electrons. The monoisotopic (exact) mass is 296 g/mol. The number of aromatic nitrogens is 2. The first-order chi connectivity index (χ1) is 8.15. The van der Waals surface area contributed by atoms with Crippen LogP contribution in [0.15, 0.2) is 10.7 Å². The Morgan fingerprint density at radius 1 is 1.41 bits per heavy atom. The van der Waals surface area contributed by atoms with Crippen LogP contribution >= 0.6 is 15.9 Å². The van der Waals surface area contributed by atoms with Crippen molar-refractivity contribution in [3.8, 4) is 0 Å². The second kappa shape index (κ2) is 4.05. The minimum absolute atomic E-state index is 0.0813. The smallest absolute Gasteiger partial charge is 0.355 e. The van der Waals surface area contributed by atoms with Crippen molar-refractivity contribution in [3.63, 3.8) is 0 Å². The van der Waals surface area contributed by atoms with Crippen LogP contribution in [0.25, 0.3) is 0 Å². The van der Waals surface area contributed by atoms with E-state index in [2.05, 4.69) is 25.9 Å². The van der Waals surface area contributed by atoms with Crippen LogP contribution in [-0.4, -0.2) is 21.0 Å². The molecule has 0 amide bonds. The molecule has 2 aliphatic carbocycles. The first-order valence-electron chi connectivity index (χ1n) is 5.91. The molecule has 1 heterocycles. The molecule has 0 aliphatic heterocycles. The van der Waals surface area contributed by atoms with Gasteiger partial charge in [0.1, 0.15) is 5.82 Å².